The number of oxazole rings is 1. The quantitative estimate of drug-likeness (QED) is 0.606. The average Bonchev–Trinajstić information content (AvgIpc) is 3.17. The molecule has 2 aromatic carbocycles. The van der Waals surface area contributed by atoms with Crippen molar-refractivity contribution < 1.29 is 27.6 Å². The molecule has 0 aliphatic heterocycles. The van der Waals surface area contributed by atoms with Crippen LogP contribution in [-0.4, -0.2) is 22.8 Å². The van der Waals surface area contributed by atoms with Crippen LogP contribution in [0.15, 0.2) is 59.2 Å². The van der Waals surface area contributed by atoms with E-state index < -0.39 is 35.5 Å². The van der Waals surface area contributed by atoms with Gasteiger partial charge in [-0.05, 0) is 18.2 Å². The van der Waals surface area contributed by atoms with Gasteiger partial charge in [0.25, 0.3) is 11.8 Å². The highest BCUT2D eigenvalue weighted by atomic mass is 19.1. The van der Waals surface area contributed by atoms with Gasteiger partial charge in [0.15, 0.2) is 5.69 Å². The van der Waals surface area contributed by atoms with Crippen LogP contribution in [-0.2, 0) is 4.79 Å². The number of halogens is 2. The van der Waals surface area contributed by atoms with Crippen molar-refractivity contribution in [1.82, 2.24) is 15.6 Å². The van der Waals surface area contributed by atoms with Crippen LogP contribution in [0.4, 0.5) is 13.6 Å². The maximum atomic E-state index is 14.2. The molecule has 0 spiro atoms. The number of aromatic nitrogens is 1. The maximum absolute atomic E-state index is 14.2. The Balaban J connectivity index is 1.87. The largest absolute Gasteiger partial charge is 0.444 e. The predicted octanol–water partition coefficient (Wildman–Crippen LogP) is 2.29. The van der Waals surface area contributed by atoms with Crippen LogP contribution in [0.3, 0.4) is 0 Å². The summed E-state index contributed by atoms with van der Waals surface area (Å²) in [7, 11) is 0. The smallest absolute Gasteiger partial charge is 0.318 e. The number of carbonyl (C=O) groups is 3. The van der Waals surface area contributed by atoms with Gasteiger partial charge in [-0.3, -0.25) is 14.9 Å². The summed E-state index contributed by atoms with van der Waals surface area (Å²) in [6.45, 7) is 0. The van der Waals surface area contributed by atoms with Crippen molar-refractivity contribution in [3.05, 3.63) is 77.7 Å². The third-order valence-electron chi connectivity index (χ3n) is 3.82. The van der Waals surface area contributed by atoms with Crippen LogP contribution >= 0.6 is 0 Å². The Morgan fingerprint density at radius 1 is 1.07 bits per heavy atom. The van der Waals surface area contributed by atoms with Crippen molar-refractivity contribution in [1.29, 1.82) is 0 Å². The van der Waals surface area contributed by atoms with Gasteiger partial charge in [-0.1, -0.05) is 24.3 Å². The number of primary amides is 1. The molecule has 148 valence electrons. The van der Waals surface area contributed by atoms with Gasteiger partial charge in [-0.15, -0.1) is 0 Å². The number of urea groups is 1. The minimum absolute atomic E-state index is 0.154. The number of nitrogens with zero attached hydrogens (tertiary/aromatic N) is 1. The molecule has 0 saturated heterocycles. The van der Waals surface area contributed by atoms with Crippen LogP contribution in [0.2, 0.25) is 0 Å². The molecule has 3 aromatic rings. The zero-order valence-electron chi connectivity index (χ0n) is 14.7. The molecule has 0 fully saturated rings. The lowest BCUT2D eigenvalue weighted by molar-refractivity contribution is -0.122. The molecule has 1 aromatic heterocycles. The fourth-order valence-electron chi connectivity index (χ4n) is 2.51. The zero-order chi connectivity index (χ0) is 21.0. The normalized spacial score (nSPS) is 11.5. The number of imide groups is 1. The molecule has 29 heavy (non-hydrogen) atoms. The summed E-state index contributed by atoms with van der Waals surface area (Å²) in [5.41, 5.74) is 4.97. The Labute approximate surface area is 162 Å². The first kappa shape index (κ1) is 19.7. The highest BCUT2D eigenvalue weighted by molar-refractivity contribution is 6.01. The topological polar surface area (TPSA) is 127 Å². The van der Waals surface area contributed by atoms with E-state index in [1.54, 1.807) is 35.6 Å². The van der Waals surface area contributed by atoms with Crippen LogP contribution in [0.5, 0.6) is 0 Å². The van der Waals surface area contributed by atoms with E-state index in [0.29, 0.717) is 11.6 Å². The van der Waals surface area contributed by atoms with Crippen LogP contribution in [0.1, 0.15) is 22.1 Å². The van der Waals surface area contributed by atoms with Gasteiger partial charge in [0.05, 0.1) is 0 Å². The summed E-state index contributed by atoms with van der Waals surface area (Å²) < 4.78 is 32.6. The van der Waals surface area contributed by atoms with Crippen molar-refractivity contribution >= 4 is 17.8 Å². The molecule has 10 heteroatoms. The van der Waals surface area contributed by atoms with E-state index in [2.05, 4.69) is 10.3 Å². The van der Waals surface area contributed by atoms with Gasteiger partial charge < -0.3 is 15.5 Å². The Hall–Kier alpha value is -4.08. The molecule has 3 rings (SSSR count). The van der Waals surface area contributed by atoms with Gasteiger partial charge in [-0.25, -0.2) is 18.6 Å². The molecular weight excluding hydrogens is 386 g/mol. The molecule has 0 bridgehead atoms. The highest BCUT2D eigenvalue weighted by Crippen LogP contribution is 2.21. The number of hydrogen-bond acceptors (Lipinski definition) is 5. The molecule has 1 unspecified atom stereocenters. The summed E-state index contributed by atoms with van der Waals surface area (Å²) in [4.78, 5) is 39.8. The Morgan fingerprint density at radius 3 is 2.45 bits per heavy atom. The summed E-state index contributed by atoms with van der Waals surface area (Å²) in [6.07, 6.45) is 1.06. The second kappa shape index (κ2) is 8.30. The molecule has 0 aliphatic rings. The minimum atomic E-state index is -1.67. The number of nitrogens with one attached hydrogen (secondary N) is 2. The Bertz CT molecular complexity index is 1070. The molecule has 0 saturated carbocycles. The Morgan fingerprint density at radius 2 is 1.79 bits per heavy atom. The molecule has 0 aliphatic carbocycles. The molecule has 4 amide bonds. The summed E-state index contributed by atoms with van der Waals surface area (Å²) >= 11 is 0. The summed E-state index contributed by atoms with van der Waals surface area (Å²) in [5, 5.41) is 3.99. The van der Waals surface area contributed by atoms with Gasteiger partial charge in [0.2, 0.25) is 5.89 Å². The number of hydrogen-bond donors (Lipinski definition) is 3. The lowest BCUT2D eigenvalue weighted by Crippen LogP contribution is -2.45. The number of rotatable bonds is 5. The molecule has 1 heterocycles. The van der Waals surface area contributed by atoms with E-state index in [0.717, 1.165) is 18.4 Å². The first-order chi connectivity index (χ1) is 13.8. The Kier molecular flexibility index (Phi) is 5.63. The summed E-state index contributed by atoms with van der Waals surface area (Å²) in [5.74, 6) is -3.81. The van der Waals surface area contributed by atoms with Crippen molar-refractivity contribution in [3.63, 3.8) is 0 Å². The van der Waals surface area contributed by atoms with Gasteiger partial charge in [0, 0.05) is 17.2 Å². The van der Waals surface area contributed by atoms with Crippen molar-refractivity contribution in [2.24, 2.45) is 5.73 Å². The van der Waals surface area contributed by atoms with Gasteiger partial charge >= 0.3 is 6.03 Å². The predicted molar refractivity (Wildman–Crippen MR) is 96.2 cm³/mol. The fourth-order valence-corrected chi connectivity index (χ4v) is 2.51. The first-order valence-electron chi connectivity index (χ1n) is 8.22. The van der Waals surface area contributed by atoms with Crippen molar-refractivity contribution in [3.8, 4) is 11.5 Å². The summed E-state index contributed by atoms with van der Waals surface area (Å²) in [6, 6.07) is 8.25. The SMILES string of the molecule is NC(=O)NC(=O)C(NC(=O)c1coc(-c2ccccc2)n1)c1ccc(F)cc1F. The number of carbonyl (C=O) groups excluding carboxylic acids is 3. The zero-order valence-corrected chi connectivity index (χ0v) is 14.7. The third kappa shape index (κ3) is 4.61. The first-order valence-corrected chi connectivity index (χ1v) is 8.22. The van der Waals surface area contributed by atoms with E-state index >= 15 is 0 Å². The highest BCUT2D eigenvalue weighted by Gasteiger charge is 2.28. The van der Waals surface area contributed by atoms with Crippen LogP contribution in [0.25, 0.3) is 11.5 Å². The van der Waals surface area contributed by atoms with Crippen LogP contribution in [0, 0.1) is 11.6 Å². The lowest BCUT2D eigenvalue weighted by atomic mass is 10.0. The lowest BCUT2D eigenvalue weighted by Gasteiger charge is -2.18. The standard InChI is InChI=1S/C19H14F2N4O4/c20-11-6-7-12(13(21)8-11)15(17(27)25-19(22)28)24-16(26)14-9-29-18(23-14)10-4-2-1-3-5-10/h1-9,15H,(H,24,26)(H3,22,25,27,28). The minimum Gasteiger partial charge on any atom is -0.444 e. The average molecular weight is 400 g/mol. The van der Waals surface area contributed by atoms with Crippen molar-refractivity contribution in [2.45, 2.75) is 6.04 Å². The molecule has 4 N–H and O–H groups in total. The molecular formula is C19H14F2N4O4. The second-order valence-electron chi connectivity index (χ2n) is 5.83. The monoisotopic (exact) mass is 400 g/mol. The number of benzene rings is 2. The van der Waals surface area contributed by atoms with E-state index in [4.69, 9.17) is 10.2 Å². The van der Waals surface area contributed by atoms with E-state index in [1.807, 2.05) is 0 Å². The van der Waals surface area contributed by atoms with Crippen molar-refractivity contribution in [2.75, 3.05) is 0 Å². The van der Waals surface area contributed by atoms with E-state index in [1.165, 1.54) is 0 Å². The van der Waals surface area contributed by atoms with Gasteiger partial charge in [0.1, 0.15) is 23.9 Å². The maximum Gasteiger partial charge on any atom is 0.318 e. The molecule has 8 nitrogen and oxygen atoms in total. The van der Waals surface area contributed by atoms with Gasteiger partial charge in [-0.2, -0.15) is 0 Å². The van der Waals surface area contributed by atoms with E-state index in [-0.39, 0.29) is 17.1 Å². The molecule has 1 atom stereocenters. The third-order valence-corrected chi connectivity index (χ3v) is 3.82. The number of nitrogens with two attached hydrogens (primary N) is 1. The number of amides is 4. The van der Waals surface area contributed by atoms with Crippen LogP contribution < -0.4 is 16.4 Å². The fraction of sp³-hybridized carbons (Fsp3) is 0.0526. The second-order valence-corrected chi connectivity index (χ2v) is 5.83. The molecule has 0 radical (unpaired) electrons. The van der Waals surface area contributed by atoms with E-state index in [9.17, 15) is 23.2 Å².